The molecule has 0 amide bonds. The maximum Gasteiger partial charge on any atom is 0.312 e. The summed E-state index contributed by atoms with van der Waals surface area (Å²) in [6.07, 6.45) is 1.16. The molecule has 1 aromatic carbocycles. The van der Waals surface area contributed by atoms with Crippen molar-refractivity contribution >= 4 is 17.7 Å². The SMILES string of the molecule is COc1c(OC2CCSC2)cccc1C(CN)C(=O)O. The van der Waals surface area contributed by atoms with Crippen LogP contribution in [0.25, 0.3) is 0 Å². The molecule has 5 nitrogen and oxygen atoms in total. The van der Waals surface area contributed by atoms with Crippen molar-refractivity contribution in [1.82, 2.24) is 0 Å². The molecule has 1 fully saturated rings. The van der Waals surface area contributed by atoms with Crippen molar-refractivity contribution in [3.63, 3.8) is 0 Å². The number of methoxy groups -OCH3 is 1. The number of carbonyl (C=O) groups is 1. The van der Waals surface area contributed by atoms with Gasteiger partial charge in [0, 0.05) is 17.9 Å². The molecule has 2 atom stereocenters. The second-order valence-corrected chi connectivity index (χ2v) is 5.76. The van der Waals surface area contributed by atoms with Gasteiger partial charge in [-0.2, -0.15) is 11.8 Å². The fourth-order valence-corrected chi connectivity index (χ4v) is 3.36. The van der Waals surface area contributed by atoms with Gasteiger partial charge in [0.15, 0.2) is 11.5 Å². The van der Waals surface area contributed by atoms with Crippen LogP contribution in [-0.2, 0) is 4.79 Å². The minimum atomic E-state index is -0.959. The highest BCUT2D eigenvalue weighted by Gasteiger charge is 2.25. The molecule has 6 heteroatoms. The highest BCUT2D eigenvalue weighted by Crippen LogP contribution is 2.37. The summed E-state index contributed by atoms with van der Waals surface area (Å²) in [7, 11) is 1.52. The highest BCUT2D eigenvalue weighted by atomic mass is 32.2. The smallest absolute Gasteiger partial charge is 0.312 e. The number of hydrogen-bond acceptors (Lipinski definition) is 5. The van der Waals surface area contributed by atoms with Gasteiger partial charge in [-0.25, -0.2) is 0 Å². The number of nitrogens with two attached hydrogens (primary N) is 1. The standard InChI is InChI=1S/C14H19NO4S/c1-18-13-10(11(7-15)14(16)17)3-2-4-12(13)19-9-5-6-20-8-9/h2-4,9,11H,5-8,15H2,1H3,(H,16,17). The van der Waals surface area contributed by atoms with Gasteiger partial charge in [-0.05, 0) is 18.2 Å². The predicted molar refractivity (Wildman–Crippen MR) is 78.8 cm³/mol. The van der Waals surface area contributed by atoms with E-state index in [1.54, 1.807) is 18.2 Å². The van der Waals surface area contributed by atoms with E-state index >= 15 is 0 Å². The molecule has 0 aromatic heterocycles. The van der Waals surface area contributed by atoms with Gasteiger partial charge >= 0.3 is 5.97 Å². The first-order valence-electron chi connectivity index (χ1n) is 6.51. The molecule has 3 N–H and O–H groups in total. The van der Waals surface area contributed by atoms with Crippen LogP contribution in [0.5, 0.6) is 11.5 Å². The third kappa shape index (κ3) is 3.19. The summed E-state index contributed by atoms with van der Waals surface area (Å²) in [5.74, 6) is 1.37. The molecule has 1 aromatic rings. The summed E-state index contributed by atoms with van der Waals surface area (Å²) in [4.78, 5) is 11.3. The van der Waals surface area contributed by atoms with E-state index in [-0.39, 0.29) is 12.6 Å². The second kappa shape index (κ2) is 6.85. The Morgan fingerprint density at radius 3 is 2.95 bits per heavy atom. The Morgan fingerprint density at radius 2 is 2.40 bits per heavy atom. The normalized spacial score (nSPS) is 19.6. The fourth-order valence-electron chi connectivity index (χ4n) is 2.26. The molecule has 20 heavy (non-hydrogen) atoms. The molecule has 0 bridgehead atoms. The molecule has 0 saturated carbocycles. The molecule has 0 radical (unpaired) electrons. The van der Waals surface area contributed by atoms with Crippen molar-refractivity contribution < 1.29 is 19.4 Å². The van der Waals surface area contributed by atoms with Crippen molar-refractivity contribution in [3.8, 4) is 11.5 Å². The molecule has 2 unspecified atom stereocenters. The maximum absolute atomic E-state index is 11.3. The maximum atomic E-state index is 11.3. The van der Waals surface area contributed by atoms with E-state index in [4.69, 9.17) is 15.2 Å². The molecular weight excluding hydrogens is 278 g/mol. The third-order valence-corrected chi connectivity index (χ3v) is 4.44. The summed E-state index contributed by atoms with van der Waals surface area (Å²) in [6.45, 7) is 0.0222. The number of thioether (sulfide) groups is 1. The lowest BCUT2D eigenvalue weighted by Crippen LogP contribution is -2.22. The van der Waals surface area contributed by atoms with Crippen LogP contribution in [0, 0.1) is 0 Å². The lowest BCUT2D eigenvalue weighted by molar-refractivity contribution is -0.138. The molecule has 1 heterocycles. The third-order valence-electron chi connectivity index (χ3n) is 3.30. The molecule has 2 rings (SSSR count). The Balaban J connectivity index is 2.30. The quantitative estimate of drug-likeness (QED) is 0.832. The van der Waals surface area contributed by atoms with Gasteiger partial charge in [0.1, 0.15) is 6.10 Å². The van der Waals surface area contributed by atoms with Gasteiger partial charge < -0.3 is 20.3 Å². The van der Waals surface area contributed by atoms with E-state index in [1.165, 1.54) is 7.11 Å². The van der Waals surface area contributed by atoms with E-state index in [9.17, 15) is 9.90 Å². The number of ether oxygens (including phenoxy) is 2. The van der Waals surface area contributed by atoms with Crippen LogP contribution >= 0.6 is 11.8 Å². The molecule has 1 saturated heterocycles. The van der Waals surface area contributed by atoms with Crippen molar-refractivity contribution in [3.05, 3.63) is 23.8 Å². The number of rotatable bonds is 6. The first-order valence-corrected chi connectivity index (χ1v) is 7.67. The number of benzene rings is 1. The molecular formula is C14H19NO4S. The van der Waals surface area contributed by atoms with Crippen molar-refractivity contribution in [1.29, 1.82) is 0 Å². The van der Waals surface area contributed by atoms with Crippen LogP contribution in [0.2, 0.25) is 0 Å². The van der Waals surface area contributed by atoms with Crippen LogP contribution in [0.15, 0.2) is 18.2 Å². The number of carboxylic acids is 1. The van der Waals surface area contributed by atoms with Gasteiger partial charge in [-0.15, -0.1) is 0 Å². The van der Waals surface area contributed by atoms with Gasteiger partial charge in [0.2, 0.25) is 0 Å². The average molecular weight is 297 g/mol. The summed E-state index contributed by atoms with van der Waals surface area (Å²) in [6, 6.07) is 5.31. The molecule has 1 aliphatic rings. The van der Waals surface area contributed by atoms with Gasteiger partial charge in [-0.3, -0.25) is 4.79 Å². The Kier molecular flexibility index (Phi) is 5.14. The largest absolute Gasteiger partial charge is 0.493 e. The predicted octanol–water partition coefficient (Wildman–Crippen LogP) is 1.71. The Bertz CT molecular complexity index is 474. The van der Waals surface area contributed by atoms with Gasteiger partial charge in [0.25, 0.3) is 0 Å². The van der Waals surface area contributed by atoms with Crippen LogP contribution in [0.3, 0.4) is 0 Å². The summed E-state index contributed by atoms with van der Waals surface area (Å²) in [5.41, 5.74) is 6.12. The minimum Gasteiger partial charge on any atom is -0.493 e. The zero-order valence-electron chi connectivity index (χ0n) is 11.4. The zero-order valence-corrected chi connectivity index (χ0v) is 12.2. The van der Waals surface area contributed by atoms with Gasteiger partial charge in [-0.1, -0.05) is 12.1 Å². The lowest BCUT2D eigenvalue weighted by atomic mass is 9.98. The van der Waals surface area contributed by atoms with E-state index in [1.807, 2.05) is 11.8 Å². The lowest BCUT2D eigenvalue weighted by Gasteiger charge is -2.20. The first kappa shape index (κ1) is 15.0. The van der Waals surface area contributed by atoms with Crippen molar-refractivity contribution in [2.24, 2.45) is 5.73 Å². The first-order chi connectivity index (χ1) is 9.67. The van der Waals surface area contributed by atoms with Crippen LogP contribution in [0.1, 0.15) is 17.9 Å². The Labute approximate surface area is 122 Å². The second-order valence-electron chi connectivity index (χ2n) is 4.61. The highest BCUT2D eigenvalue weighted by molar-refractivity contribution is 7.99. The van der Waals surface area contributed by atoms with Crippen molar-refractivity contribution in [2.75, 3.05) is 25.2 Å². The Morgan fingerprint density at radius 1 is 1.60 bits per heavy atom. The van der Waals surface area contributed by atoms with Crippen LogP contribution < -0.4 is 15.2 Å². The topological polar surface area (TPSA) is 81.8 Å². The summed E-state index contributed by atoms with van der Waals surface area (Å²) in [5, 5.41) is 9.24. The van der Waals surface area contributed by atoms with Crippen LogP contribution in [0.4, 0.5) is 0 Å². The Hall–Kier alpha value is -1.40. The molecule has 1 aliphatic heterocycles. The summed E-state index contributed by atoms with van der Waals surface area (Å²) >= 11 is 1.85. The number of para-hydroxylation sites is 1. The summed E-state index contributed by atoms with van der Waals surface area (Å²) < 4.78 is 11.3. The van der Waals surface area contributed by atoms with E-state index in [2.05, 4.69) is 0 Å². The molecule has 0 aliphatic carbocycles. The fraction of sp³-hybridized carbons (Fsp3) is 0.500. The molecule has 0 spiro atoms. The van der Waals surface area contributed by atoms with Crippen LogP contribution in [-0.4, -0.2) is 42.3 Å². The number of carboxylic acid groups (broad SMARTS) is 1. The van der Waals surface area contributed by atoms with E-state index in [0.29, 0.717) is 17.1 Å². The van der Waals surface area contributed by atoms with Gasteiger partial charge in [0.05, 0.1) is 13.0 Å². The minimum absolute atomic E-state index is 0.0222. The van der Waals surface area contributed by atoms with Crippen molar-refractivity contribution in [2.45, 2.75) is 18.4 Å². The zero-order chi connectivity index (χ0) is 14.5. The average Bonchev–Trinajstić information content (AvgIpc) is 2.92. The monoisotopic (exact) mass is 297 g/mol. The molecule has 110 valence electrons. The number of aliphatic carboxylic acids is 1. The van der Waals surface area contributed by atoms with E-state index < -0.39 is 11.9 Å². The number of hydrogen-bond donors (Lipinski definition) is 2. The van der Waals surface area contributed by atoms with E-state index in [0.717, 1.165) is 17.9 Å².